The molecule has 1 N–H and O–H groups in total. The molecule has 186 valence electrons. The molecule has 0 aliphatic carbocycles. The fourth-order valence-corrected chi connectivity index (χ4v) is 3.78. The largest absolute Gasteiger partial charge is 0.494 e. The lowest BCUT2D eigenvalue weighted by Gasteiger charge is -2.26. The van der Waals surface area contributed by atoms with E-state index in [-0.39, 0.29) is 30.4 Å². The summed E-state index contributed by atoms with van der Waals surface area (Å²) in [5.41, 5.74) is 1.94. The first kappa shape index (κ1) is 26.0. The van der Waals surface area contributed by atoms with Crippen molar-refractivity contribution in [3.05, 3.63) is 65.2 Å². The second-order valence-corrected chi connectivity index (χ2v) is 8.00. The lowest BCUT2D eigenvalue weighted by molar-refractivity contribution is -0.136. The van der Waals surface area contributed by atoms with Crippen molar-refractivity contribution in [1.82, 2.24) is 5.32 Å². The van der Waals surface area contributed by atoms with Gasteiger partial charge in [0, 0.05) is 12.5 Å². The molecule has 0 bridgehead atoms. The number of nitrogens with one attached hydrogen (secondary N) is 1. The fourth-order valence-electron chi connectivity index (χ4n) is 3.78. The number of hydrogen-bond acceptors (Lipinski definition) is 4. The minimum Gasteiger partial charge on any atom is -0.494 e. The zero-order chi connectivity index (χ0) is 25.4. The van der Waals surface area contributed by atoms with Gasteiger partial charge in [0.2, 0.25) is 0 Å². The van der Waals surface area contributed by atoms with Gasteiger partial charge in [-0.15, -0.1) is 0 Å². The van der Waals surface area contributed by atoms with E-state index in [4.69, 9.17) is 4.74 Å². The van der Waals surface area contributed by atoms with E-state index in [1.807, 2.05) is 12.1 Å². The van der Waals surface area contributed by atoms with Crippen LogP contribution in [0.2, 0.25) is 0 Å². The van der Waals surface area contributed by atoms with E-state index in [1.165, 1.54) is 24.3 Å². The number of carbonyl (C=O) groups is 1. The SMILES string of the molecule is N#CC1=C(c2ccc(OC(F)F)cc2)C[C@H](CCc2cccc(OCCCC(F)(F)F)c2)NC1=O. The van der Waals surface area contributed by atoms with Gasteiger partial charge in [0.1, 0.15) is 23.1 Å². The van der Waals surface area contributed by atoms with Crippen LogP contribution in [0.3, 0.4) is 0 Å². The zero-order valence-corrected chi connectivity index (χ0v) is 18.6. The van der Waals surface area contributed by atoms with Gasteiger partial charge in [-0.1, -0.05) is 24.3 Å². The highest BCUT2D eigenvalue weighted by Gasteiger charge is 2.28. The number of alkyl halides is 5. The second-order valence-electron chi connectivity index (χ2n) is 8.00. The Morgan fingerprint density at radius 2 is 1.86 bits per heavy atom. The van der Waals surface area contributed by atoms with Crippen molar-refractivity contribution in [2.24, 2.45) is 0 Å². The third kappa shape index (κ3) is 7.98. The van der Waals surface area contributed by atoms with Crippen molar-refractivity contribution >= 4 is 11.5 Å². The number of nitriles is 1. The Bertz CT molecular complexity index is 1090. The van der Waals surface area contributed by atoms with Crippen LogP contribution in [0.1, 0.15) is 36.8 Å². The van der Waals surface area contributed by atoms with Crippen molar-refractivity contribution in [2.75, 3.05) is 6.61 Å². The predicted octanol–water partition coefficient (Wildman–Crippen LogP) is 5.81. The lowest BCUT2D eigenvalue weighted by atomic mass is 9.88. The maximum Gasteiger partial charge on any atom is 0.389 e. The van der Waals surface area contributed by atoms with Crippen LogP contribution < -0.4 is 14.8 Å². The number of halogens is 5. The summed E-state index contributed by atoms with van der Waals surface area (Å²) in [6.07, 6.45) is -3.78. The Hall–Kier alpha value is -3.61. The van der Waals surface area contributed by atoms with Crippen LogP contribution >= 0.6 is 0 Å². The van der Waals surface area contributed by atoms with E-state index in [2.05, 4.69) is 10.1 Å². The first-order valence-corrected chi connectivity index (χ1v) is 10.9. The van der Waals surface area contributed by atoms with Crippen LogP contribution in [-0.4, -0.2) is 31.3 Å². The number of amides is 1. The van der Waals surface area contributed by atoms with Crippen LogP contribution in [0, 0.1) is 11.3 Å². The number of nitrogens with zero attached hydrogens (tertiary/aromatic N) is 1. The molecular weight excluding hydrogens is 471 g/mol. The maximum absolute atomic E-state index is 12.5. The molecule has 0 aromatic heterocycles. The minimum absolute atomic E-state index is 0.0276. The third-order valence-electron chi connectivity index (χ3n) is 5.41. The summed E-state index contributed by atoms with van der Waals surface area (Å²) in [7, 11) is 0. The molecule has 0 radical (unpaired) electrons. The number of ether oxygens (including phenoxy) is 2. The molecule has 1 heterocycles. The van der Waals surface area contributed by atoms with Gasteiger partial charge in [-0.2, -0.15) is 27.2 Å². The monoisotopic (exact) mass is 494 g/mol. The Morgan fingerprint density at radius 1 is 1.11 bits per heavy atom. The highest BCUT2D eigenvalue weighted by molar-refractivity contribution is 6.06. The first-order chi connectivity index (χ1) is 16.6. The van der Waals surface area contributed by atoms with Crippen molar-refractivity contribution in [2.45, 2.75) is 50.9 Å². The van der Waals surface area contributed by atoms with Gasteiger partial charge >= 0.3 is 12.8 Å². The first-order valence-electron chi connectivity index (χ1n) is 10.9. The van der Waals surface area contributed by atoms with E-state index in [0.717, 1.165) is 5.56 Å². The smallest absolute Gasteiger partial charge is 0.389 e. The Labute approximate surface area is 199 Å². The Morgan fingerprint density at radius 3 is 2.51 bits per heavy atom. The Balaban J connectivity index is 1.61. The number of rotatable bonds is 10. The molecule has 0 saturated carbocycles. The molecule has 10 heteroatoms. The van der Waals surface area contributed by atoms with E-state index in [1.54, 1.807) is 18.2 Å². The van der Waals surface area contributed by atoms with Crippen molar-refractivity contribution < 1.29 is 36.2 Å². The van der Waals surface area contributed by atoms with Gasteiger partial charge < -0.3 is 14.8 Å². The summed E-state index contributed by atoms with van der Waals surface area (Å²) in [6.45, 7) is -3.00. The molecule has 1 amide bonds. The number of aryl methyl sites for hydroxylation is 1. The summed E-state index contributed by atoms with van der Waals surface area (Å²) in [5.74, 6) is -0.0654. The normalized spacial score (nSPS) is 16.1. The van der Waals surface area contributed by atoms with Crippen LogP contribution in [0.15, 0.2) is 54.1 Å². The molecule has 1 atom stereocenters. The topological polar surface area (TPSA) is 71.3 Å². The van der Waals surface area contributed by atoms with Gasteiger partial charge in [-0.05, 0) is 66.6 Å². The molecule has 1 aliphatic rings. The van der Waals surface area contributed by atoms with Gasteiger partial charge in [0.05, 0.1) is 6.61 Å². The number of hydrogen-bond donors (Lipinski definition) is 1. The van der Waals surface area contributed by atoms with Gasteiger partial charge in [-0.3, -0.25) is 4.79 Å². The molecule has 0 fully saturated rings. The van der Waals surface area contributed by atoms with Crippen LogP contribution in [0.25, 0.3) is 5.57 Å². The molecule has 3 rings (SSSR count). The molecule has 0 unspecified atom stereocenters. The fraction of sp³-hybridized carbons (Fsp3) is 0.360. The average molecular weight is 494 g/mol. The molecule has 0 spiro atoms. The highest BCUT2D eigenvalue weighted by atomic mass is 19.4. The number of benzene rings is 2. The lowest BCUT2D eigenvalue weighted by Crippen LogP contribution is -2.40. The maximum atomic E-state index is 12.5. The highest BCUT2D eigenvalue weighted by Crippen LogP contribution is 2.31. The second kappa shape index (κ2) is 11.7. The zero-order valence-electron chi connectivity index (χ0n) is 18.6. The molecule has 0 saturated heterocycles. The van der Waals surface area contributed by atoms with Gasteiger partial charge in [0.25, 0.3) is 5.91 Å². The van der Waals surface area contributed by atoms with Gasteiger partial charge in [0.15, 0.2) is 0 Å². The predicted molar refractivity (Wildman–Crippen MR) is 118 cm³/mol. The summed E-state index contributed by atoms with van der Waals surface area (Å²) in [5, 5.41) is 12.3. The summed E-state index contributed by atoms with van der Waals surface area (Å²) >= 11 is 0. The third-order valence-corrected chi connectivity index (χ3v) is 5.41. The standard InChI is InChI=1S/C25H23F5N2O3/c26-24(27)35-19-9-6-17(7-10-19)21-14-18(32-23(33)22(21)15-31)8-5-16-3-1-4-20(13-16)34-12-2-11-25(28,29)30/h1,3-4,6-7,9-10,13,18,24H,2,5,8,11-12,14H2,(H,32,33)/t18-/m0/s1. The molecule has 1 aliphatic heterocycles. The quantitative estimate of drug-likeness (QED) is 0.334. The molecule has 2 aromatic carbocycles. The van der Waals surface area contributed by atoms with Gasteiger partial charge in [-0.25, -0.2) is 0 Å². The van der Waals surface area contributed by atoms with Crippen molar-refractivity contribution in [1.29, 1.82) is 5.26 Å². The Kier molecular flexibility index (Phi) is 8.68. The molecule has 35 heavy (non-hydrogen) atoms. The van der Waals surface area contributed by atoms with Crippen molar-refractivity contribution in [3.8, 4) is 17.6 Å². The number of carbonyl (C=O) groups excluding carboxylic acids is 1. The summed E-state index contributed by atoms with van der Waals surface area (Å²) in [6, 6.07) is 14.4. The van der Waals surface area contributed by atoms with E-state index < -0.39 is 25.1 Å². The van der Waals surface area contributed by atoms with Crippen LogP contribution in [0.5, 0.6) is 11.5 Å². The minimum atomic E-state index is -4.21. The summed E-state index contributed by atoms with van der Waals surface area (Å²) < 4.78 is 71.3. The average Bonchev–Trinajstić information content (AvgIpc) is 2.80. The molecule has 5 nitrogen and oxygen atoms in total. The molecule has 2 aromatic rings. The van der Waals surface area contributed by atoms with Crippen molar-refractivity contribution in [3.63, 3.8) is 0 Å². The van der Waals surface area contributed by atoms with E-state index in [9.17, 15) is 32.0 Å². The van der Waals surface area contributed by atoms with Crippen LogP contribution in [0.4, 0.5) is 22.0 Å². The summed E-state index contributed by atoms with van der Waals surface area (Å²) in [4.78, 5) is 12.5. The van der Waals surface area contributed by atoms with E-state index >= 15 is 0 Å². The van der Waals surface area contributed by atoms with E-state index in [0.29, 0.717) is 36.1 Å². The van der Waals surface area contributed by atoms with Crippen LogP contribution in [-0.2, 0) is 11.2 Å². The molecular formula is C25H23F5N2O3.